The number of nitrogens with zero attached hydrogens (tertiary/aromatic N) is 1. The van der Waals surface area contributed by atoms with Crippen LogP contribution in [0.3, 0.4) is 0 Å². The zero-order valence-corrected chi connectivity index (χ0v) is 21.1. The molecular formula is C26H35FN2O5S. The summed E-state index contributed by atoms with van der Waals surface area (Å²) in [6, 6.07) is 2.81. The first-order valence-electron chi connectivity index (χ1n) is 13.0. The van der Waals surface area contributed by atoms with Crippen molar-refractivity contribution in [1.29, 1.82) is 0 Å². The molecule has 1 saturated heterocycles. The van der Waals surface area contributed by atoms with Crippen LogP contribution in [0.4, 0.5) is 4.39 Å². The molecular weight excluding hydrogens is 471 g/mol. The second-order valence-corrected chi connectivity index (χ2v) is 13.5. The van der Waals surface area contributed by atoms with E-state index in [0.717, 1.165) is 36.2 Å². The van der Waals surface area contributed by atoms with Gasteiger partial charge in [0, 0.05) is 31.7 Å². The van der Waals surface area contributed by atoms with Gasteiger partial charge in [-0.15, -0.1) is 0 Å². The van der Waals surface area contributed by atoms with Crippen molar-refractivity contribution in [3.8, 4) is 5.75 Å². The predicted molar refractivity (Wildman–Crippen MR) is 128 cm³/mol. The molecule has 0 radical (unpaired) electrons. The molecule has 1 atom stereocenters. The molecule has 0 aromatic heterocycles. The molecule has 9 heteroatoms. The summed E-state index contributed by atoms with van der Waals surface area (Å²) in [4.78, 5) is 12.9. The first-order chi connectivity index (χ1) is 16.7. The molecule has 1 amide bonds. The second-order valence-electron chi connectivity index (χ2n) is 11.8. The third-order valence-corrected chi connectivity index (χ3v) is 10.5. The zero-order chi connectivity index (χ0) is 24.4. The minimum atomic E-state index is -4.08. The summed E-state index contributed by atoms with van der Waals surface area (Å²) in [7, 11) is -2.55. The molecule has 1 aliphatic heterocycles. The Morgan fingerprint density at radius 2 is 1.77 bits per heavy atom. The summed E-state index contributed by atoms with van der Waals surface area (Å²) in [5.74, 6) is 1.48. The molecule has 5 aliphatic carbocycles. The van der Waals surface area contributed by atoms with E-state index in [9.17, 15) is 13.2 Å². The van der Waals surface area contributed by atoms with Gasteiger partial charge in [-0.2, -0.15) is 12.7 Å². The molecule has 0 spiro atoms. The number of rotatable bonds is 8. The van der Waals surface area contributed by atoms with Gasteiger partial charge in [0.2, 0.25) is 0 Å². The molecule has 4 bridgehead atoms. The number of amides is 1. The number of carbonyl (C=O) groups excluding carboxylic acids is 1. The highest BCUT2D eigenvalue weighted by molar-refractivity contribution is 7.87. The third-order valence-electron chi connectivity index (χ3n) is 9.06. The van der Waals surface area contributed by atoms with E-state index in [2.05, 4.69) is 0 Å². The number of hydrogen-bond acceptors (Lipinski definition) is 5. The summed E-state index contributed by atoms with van der Waals surface area (Å²) < 4.78 is 55.3. The van der Waals surface area contributed by atoms with Gasteiger partial charge in [-0.1, -0.05) is 0 Å². The van der Waals surface area contributed by atoms with Gasteiger partial charge in [-0.25, -0.2) is 9.11 Å². The van der Waals surface area contributed by atoms with Gasteiger partial charge < -0.3 is 9.47 Å². The van der Waals surface area contributed by atoms with E-state index < -0.39 is 21.9 Å². The van der Waals surface area contributed by atoms with Crippen LogP contribution in [0, 0.1) is 29.0 Å². The number of nitrogens with one attached hydrogen (secondary N) is 1. The largest absolute Gasteiger partial charge is 0.493 e. The van der Waals surface area contributed by atoms with Crippen LogP contribution in [0.15, 0.2) is 12.1 Å². The maximum absolute atomic E-state index is 15.1. The van der Waals surface area contributed by atoms with Crippen molar-refractivity contribution < 1.29 is 27.1 Å². The first-order valence-corrected chi connectivity index (χ1v) is 14.5. The molecule has 192 valence electrons. The van der Waals surface area contributed by atoms with E-state index in [1.807, 2.05) is 4.72 Å². The SMILES string of the molecule is CO[C@H]1CCN(S(=O)(=O)NC(=O)c2cc(C3CC3)c(OCC34CC5CC(CC(C5)C3)C4)cc2F)C1. The van der Waals surface area contributed by atoms with Gasteiger partial charge in [-0.3, -0.25) is 4.79 Å². The number of ether oxygens (including phenoxy) is 2. The van der Waals surface area contributed by atoms with Crippen molar-refractivity contribution in [2.24, 2.45) is 23.2 Å². The van der Waals surface area contributed by atoms with Crippen molar-refractivity contribution in [3.05, 3.63) is 29.1 Å². The van der Waals surface area contributed by atoms with Crippen LogP contribution in [-0.2, 0) is 14.9 Å². The lowest BCUT2D eigenvalue weighted by atomic mass is 9.50. The van der Waals surface area contributed by atoms with Gasteiger partial charge in [-0.05, 0) is 93.1 Å². The first kappa shape index (κ1) is 23.7. The van der Waals surface area contributed by atoms with Crippen molar-refractivity contribution in [3.63, 3.8) is 0 Å². The Labute approximate surface area is 206 Å². The highest BCUT2D eigenvalue weighted by Gasteiger charge is 2.51. The molecule has 1 aromatic rings. The normalized spacial score (nSPS) is 34.3. The fraction of sp³-hybridized carbons (Fsp3) is 0.731. The standard InChI is InChI=1S/C26H35FN2O5S/c1-33-20-4-5-29(14-20)35(31,32)28-25(30)22-9-21(19-2-3-19)24(10-23(22)27)34-15-26-11-16-6-17(12-26)8-18(7-16)13-26/h9-10,16-20H,2-8,11-15H2,1H3,(H,28,30)/t16?,17?,18?,20-,26?/m0/s1. The number of carbonyl (C=O) groups is 1. The molecule has 1 N–H and O–H groups in total. The highest BCUT2D eigenvalue weighted by Crippen LogP contribution is 2.60. The van der Waals surface area contributed by atoms with Gasteiger partial charge >= 0.3 is 10.2 Å². The molecule has 6 fully saturated rings. The van der Waals surface area contributed by atoms with Crippen molar-refractivity contribution in [1.82, 2.24) is 9.03 Å². The van der Waals surface area contributed by atoms with Crippen LogP contribution in [0.5, 0.6) is 5.75 Å². The van der Waals surface area contributed by atoms with Crippen LogP contribution < -0.4 is 9.46 Å². The predicted octanol–water partition coefficient (Wildman–Crippen LogP) is 3.99. The summed E-state index contributed by atoms with van der Waals surface area (Å²) in [5.41, 5.74) is 0.769. The molecule has 0 unspecified atom stereocenters. The maximum Gasteiger partial charge on any atom is 0.304 e. The van der Waals surface area contributed by atoms with E-state index in [-0.39, 0.29) is 36.1 Å². The second kappa shape index (κ2) is 8.70. The monoisotopic (exact) mass is 506 g/mol. The lowest BCUT2D eigenvalue weighted by Crippen LogP contribution is -2.48. The van der Waals surface area contributed by atoms with Crippen molar-refractivity contribution in [2.75, 3.05) is 26.8 Å². The quantitative estimate of drug-likeness (QED) is 0.576. The lowest BCUT2D eigenvalue weighted by molar-refractivity contribution is -0.0747. The number of benzene rings is 1. The smallest absolute Gasteiger partial charge is 0.304 e. The Morgan fingerprint density at radius 3 is 2.34 bits per heavy atom. The van der Waals surface area contributed by atoms with E-state index in [4.69, 9.17) is 9.47 Å². The van der Waals surface area contributed by atoms with Crippen LogP contribution in [-0.4, -0.2) is 51.5 Å². The molecule has 35 heavy (non-hydrogen) atoms. The van der Waals surface area contributed by atoms with E-state index >= 15 is 4.39 Å². The summed E-state index contributed by atoms with van der Waals surface area (Å²) in [6.45, 7) is 1.03. The topological polar surface area (TPSA) is 84.9 Å². The number of hydrogen-bond donors (Lipinski definition) is 1. The third kappa shape index (κ3) is 4.60. The van der Waals surface area contributed by atoms with Gasteiger partial charge in [0.05, 0.1) is 18.3 Å². The fourth-order valence-electron chi connectivity index (χ4n) is 7.63. The Hall–Kier alpha value is -1.71. The van der Waals surface area contributed by atoms with E-state index in [0.29, 0.717) is 18.8 Å². The Bertz CT molecular complexity index is 1080. The van der Waals surface area contributed by atoms with Crippen molar-refractivity contribution >= 4 is 16.1 Å². The molecule has 1 aromatic carbocycles. The number of methoxy groups -OCH3 is 1. The summed E-state index contributed by atoms with van der Waals surface area (Å²) in [6.07, 6.45) is 9.98. The average Bonchev–Trinajstić information content (AvgIpc) is 3.51. The Morgan fingerprint density at radius 1 is 1.11 bits per heavy atom. The average molecular weight is 507 g/mol. The van der Waals surface area contributed by atoms with E-state index in [1.54, 1.807) is 0 Å². The van der Waals surface area contributed by atoms with Gasteiger partial charge in [0.1, 0.15) is 11.6 Å². The van der Waals surface area contributed by atoms with Crippen LogP contribution in [0.2, 0.25) is 0 Å². The van der Waals surface area contributed by atoms with Gasteiger partial charge in [0.25, 0.3) is 5.91 Å². The molecule has 7 nitrogen and oxygen atoms in total. The number of halogens is 1. The summed E-state index contributed by atoms with van der Waals surface area (Å²) >= 11 is 0. The zero-order valence-electron chi connectivity index (χ0n) is 20.3. The molecule has 5 saturated carbocycles. The van der Waals surface area contributed by atoms with Crippen LogP contribution in [0.1, 0.15) is 79.6 Å². The Balaban J connectivity index is 1.18. The van der Waals surface area contributed by atoms with Crippen LogP contribution >= 0.6 is 0 Å². The highest BCUT2D eigenvalue weighted by atomic mass is 32.2. The minimum Gasteiger partial charge on any atom is -0.493 e. The van der Waals surface area contributed by atoms with Crippen LogP contribution in [0.25, 0.3) is 0 Å². The van der Waals surface area contributed by atoms with Crippen molar-refractivity contribution in [2.45, 2.75) is 69.8 Å². The van der Waals surface area contributed by atoms with Gasteiger partial charge in [0.15, 0.2) is 0 Å². The minimum absolute atomic E-state index is 0.173. The molecule has 1 heterocycles. The maximum atomic E-state index is 15.1. The lowest BCUT2D eigenvalue weighted by Gasteiger charge is -2.56. The fourth-order valence-corrected chi connectivity index (χ4v) is 8.81. The van der Waals surface area contributed by atoms with E-state index in [1.165, 1.54) is 62.1 Å². The Kier molecular flexibility index (Phi) is 5.88. The molecule has 7 rings (SSSR count). The molecule has 6 aliphatic rings. The summed E-state index contributed by atoms with van der Waals surface area (Å²) in [5, 5.41) is 0.